The van der Waals surface area contributed by atoms with Gasteiger partial charge in [-0.1, -0.05) is 0 Å². The maximum atomic E-state index is 5.58. The first-order chi connectivity index (χ1) is 4.61. The molecule has 0 heterocycles. The Morgan fingerprint density at radius 2 is 1.90 bits per heavy atom. The summed E-state index contributed by atoms with van der Waals surface area (Å²) in [5.41, 5.74) is 13.5. The number of rotatable bonds is 0. The van der Waals surface area contributed by atoms with Crippen molar-refractivity contribution in [3.8, 4) is 0 Å². The summed E-state index contributed by atoms with van der Waals surface area (Å²) in [4.78, 5) is 0. The summed E-state index contributed by atoms with van der Waals surface area (Å²) in [5.74, 6) is 0. The Balaban J connectivity index is 3.31. The molecule has 0 spiro atoms. The highest BCUT2D eigenvalue weighted by Gasteiger charge is 1.99. The van der Waals surface area contributed by atoms with Gasteiger partial charge in [0.15, 0.2) is 0 Å². The molecular weight excluding hydrogens is 192 g/mol. The van der Waals surface area contributed by atoms with Crippen molar-refractivity contribution in [2.24, 2.45) is 0 Å². The van der Waals surface area contributed by atoms with Crippen molar-refractivity contribution in [3.05, 3.63) is 22.2 Å². The van der Waals surface area contributed by atoms with Gasteiger partial charge >= 0.3 is 0 Å². The van der Waals surface area contributed by atoms with Crippen LogP contribution in [0, 0.1) is 6.92 Å². The van der Waals surface area contributed by atoms with Crippen LogP contribution in [-0.4, -0.2) is 0 Å². The second-order valence-electron chi connectivity index (χ2n) is 2.25. The Kier molecular flexibility index (Phi) is 1.85. The fourth-order valence-corrected chi connectivity index (χ4v) is 1.37. The van der Waals surface area contributed by atoms with Crippen LogP contribution in [0.5, 0.6) is 0 Å². The SMILES string of the molecule is Cc1cc(N)c(N)c(Br)c1. The maximum Gasteiger partial charge on any atom is 0.0692 e. The van der Waals surface area contributed by atoms with Gasteiger partial charge < -0.3 is 11.5 Å². The first-order valence-electron chi connectivity index (χ1n) is 2.92. The van der Waals surface area contributed by atoms with Crippen LogP contribution in [0.2, 0.25) is 0 Å². The third-order valence-electron chi connectivity index (χ3n) is 1.31. The molecule has 1 aromatic carbocycles. The average molecular weight is 201 g/mol. The Morgan fingerprint density at radius 1 is 1.30 bits per heavy atom. The largest absolute Gasteiger partial charge is 0.397 e. The molecule has 4 N–H and O–H groups in total. The molecule has 0 radical (unpaired) electrons. The van der Waals surface area contributed by atoms with Crippen molar-refractivity contribution in [1.29, 1.82) is 0 Å². The number of hydrogen-bond acceptors (Lipinski definition) is 2. The second kappa shape index (κ2) is 2.50. The van der Waals surface area contributed by atoms with Gasteiger partial charge in [-0.3, -0.25) is 0 Å². The van der Waals surface area contributed by atoms with E-state index in [1.54, 1.807) is 0 Å². The minimum Gasteiger partial charge on any atom is -0.397 e. The van der Waals surface area contributed by atoms with Crippen LogP contribution in [0.4, 0.5) is 11.4 Å². The van der Waals surface area contributed by atoms with Gasteiger partial charge in [-0.25, -0.2) is 0 Å². The smallest absolute Gasteiger partial charge is 0.0692 e. The quantitative estimate of drug-likeness (QED) is 0.630. The molecule has 0 aliphatic heterocycles. The van der Waals surface area contributed by atoms with Gasteiger partial charge in [0.25, 0.3) is 0 Å². The molecule has 3 heteroatoms. The highest BCUT2D eigenvalue weighted by molar-refractivity contribution is 9.10. The lowest BCUT2D eigenvalue weighted by atomic mass is 10.2. The number of aryl methyl sites for hydroxylation is 1. The Bertz CT molecular complexity index is 235. The number of hydrogen-bond donors (Lipinski definition) is 2. The van der Waals surface area contributed by atoms with E-state index in [4.69, 9.17) is 11.5 Å². The van der Waals surface area contributed by atoms with Crippen molar-refractivity contribution in [2.45, 2.75) is 6.92 Å². The molecule has 0 saturated carbocycles. The zero-order valence-corrected chi connectivity index (χ0v) is 7.27. The van der Waals surface area contributed by atoms with Crippen LogP contribution in [0.3, 0.4) is 0 Å². The van der Waals surface area contributed by atoms with E-state index in [9.17, 15) is 0 Å². The molecular formula is C7H9BrN2. The molecule has 0 atom stereocenters. The van der Waals surface area contributed by atoms with Crippen LogP contribution in [-0.2, 0) is 0 Å². The van der Waals surface area contributed by atoms with Crippen LogP contribution in [0.15, 0.2) is 16.6 Å². The van der Waals surface area contributed by atoms with Crippen molar-refractivity contribution < 1.29 is 0 Å². The van der Waals surface area contributed by atoms with Crippen LogP contribution in [0.25, 0.3) is 0 Å². The normalized spacial score (nSPS) is 9.80. The number of halogens is 1. The van der Waals surface area contributed by atoms with E-state index in [-0.39, 0.29) is 0 Å². The minimum absolute atomic E-state index is 0.616. The average Bonchev–Trinajstić information content (AvgIpc) is 1.82. The molecule has 2 nitrogen and oxygen atoms in total. The fraction of sp³-hybridized carbons (Fsp3) is 0.143. The monoisotopic (exact) mass is 200 g/mol. The third kappa shape index (κ3) is 1.24. The van der Waals surface area contributed by atoms with E-state index >= 15 is 0 Å². The van der Waals surface area contributed by atoms with Gasteiger partial charge in [0.2, 0.25) is 0 Å². The van der Waals surface area contributed by atoms with E-state index in [0.29, 0.717) is 11.4 Å². The lowest BCUT2D eigenvalue weighted by Gasteiger charge is -2.03. The van der Waals surface area contributed by atoms with E-state index in [0.717, 1.165) is 10.0 Å². The summed E-state index contributed by atoms with van der Waals surface area (Å²) in [6.07, 6.45) is 0. The molecule has 0 saturated heterocycles. The molecule has 0 fully saturated rings. The van der Waals surface area contributed by atoms with Crippen LogP contribution < -0.4 is 11.5 Å². The Hall–Kier alpha value is -0.700. The summed E-state index contributed by atoms with van der Waals surface area (Å²) in [5, 5.41) is 0. The first-order valence-corrected chi connectivity index (χ1v) is 3.71. The van der Waals surface area contributed by atoms with Gasteiger partial charge in [-0.15, -0.1) is 0 Å². The number of nitrogens with two attached hydrogens (primary N) is 2. The summed E-state index contributed by atoms with van der Waals surface area (Å²) in [6.45, 7) is 1.97. The highest BCUT2D eigenvalue weighted by atomic mass is 79.9. The van der Waals surface area contributed by atoms with Gasteiger partial charge in [-0.2, -0.15) is 0 Å². The number of benzene rings is 1. The van der Waals surface area contributed by atoms with Gasteiger partial charge in [0.1, 0.15) is 0 Å². The lowest BCUT2D eigenvalue weighted by molar-refractivity contribution is 1.45. The Morgan fingerprint density at radius 3 is 2.40 bits per heavy atom. The topological polar surface area (TPSA) is 52.0 Å². The minimum atomic E-state index is 0.616. The van der Waals surface area contributed by atoms with Gasteiger partial charge in [0, 0.05) is 4.47 Å². The molecule has 54 valence electrons. The van der Waals surface area contributed by atoms with E-state index < -0.39 is 0 Å². The highest BCUT2D eigenvalue weighted by Crippen LogP contribution is 2.26. The zero-order chi connectivity index (χ0) is 7.72. The van der Waals surface area contributed by atoms with Crippen LogP contribution in [0.1, 0.15) is 5.56 Å². The van der Waals surface area contributed by atoms with Gasteiger partial charge in [-0.05, 0) is 40.5 Å². The molecule has 0 aliphatic rings. The van der Waals surface area contributed by atoms with E-state index in [1.807, 2.05) is 19.1 Å². The molecule has 1 aromatic rings. The summed E-state index contributed by atoms with van der Waals surface area (Å²) in [6, 6.07) is 3.78. The predicted molar refractivity (Wildman–Crippen MR) is 47.7 cm³/mol. The lowest BCUT2D eigenvalue weighted by Crippen LogP contribution is -1.95. The fourth-order valence-electron chi connectivity index (χ4n) is 0.780. The maximum absolute atomic E-state index is 5.58. The van der Waals surface area contributed by atoms with E-state index in [1.165, 1.54) is 0 Å². The standard InChI is InChI=1S/C7H9BrN2/c1-4-2-5(8)7(10)6(9)3-4/h2-3H,9-10H2,1H3. The molecule has 1 rings (SSSR count). The number of anilines is 2. The molecule has 0 aromatic heterocycles. The second-order valence-corrected chi connectivity index (χ2v) is 3.10. The molecule has 10 heavy (non-hydrogen) atoms. The van der Waals surface area contributed by atoms with Gasteiger partial charge in [0.05, 0.1) is 11.4 Å². The molecule has 0 amide bonds. The summed E-state index contributed by atoms with van der Waals surface area (Å²) < 4.78 is 0.866. The predicted octanol–water partition coefficient (Wildman–Crippen LogP) is 1.92. The van der Waals surface area contributed by atoms with E-state index in [2.05, 4.69) is 15.9 Å². The number of nitrogen functional groups attached to an aromatic ring is 2. The molecule has 0 unspecified atom stereocenters. The van der Waals surface area contributed by atoms with Crippen molar-refractivity contribution in [2.75, 3.05) is 11.5 Å². The molecule has 0 bridgehead atoms. The van der Waals surface area contributed by atoms with Crippen molar-refractivity contribution in [1.82, 2.24) is 0 Å². The Labute approximate surface area is 68.3 Å². The molecule has 0 aliphatic carbocycles. The van der Waals surface area contributed by atoms with Crippen LogP contribution >= 0.6 is 15.9 Å². The third-order valence-corrected chi connectivity index (χ3v) is 1.96. The summed E-state index contributed by atoms with van der Waals surface area (Å²) in [7, 11) is 0. The zero-order valence-electron chi connectivity index (χ0n) is 5.69. The van der Waals surface area contributed by atoms with Crippen molar-refractivity contribution >= 4 is 27.3 Å². The summed E-state index contributed by atoms with van der Waals surface area (Å²) >= 11 is 3.29. The first kappa shape index (κ1) is 7.41. The van der Waals surface area contributed by atoms with Crippen molar-refractivity contribution in [3.63, 3.8) is 0 Å².